The number of rotatable bonds is 8. The third-order valence-electron chi connectivity index (χ3n) is 4.11. The fourth-order valence-corrected chi connectivity index (χ4v) is 2.69. The molecule has 0 radical (unpaired) electrons. The van der Waals surface area contributed by atoms with Crippen molar-refractivity contribution < 1.29 is 19.7 Å². The normalized spacial score (nSPS) is 12.7. The highest BCUT2D eigenvalue weighted by molar-refractivity contribution is 6.27. The highest BCUT2D eigenvalue weighted by atomic mass is 16.5. The van der Waals surface area contributed by atoms with Crippen molar-refractivity contribution in [1.82, 2.24) is 5.32 Å². The minimum Gasteiger partial charge on any atom is -0.511 e. The van der Waals surface area contributed by atoms with E-state index in [9.17, 15) is 15.0 Å². The van der Waals surface area contributed by atoms with Crippen LogP contribution in [0.25, 0.3) is 0 Å². The molecule has 0 bridgehead atoms. The van der Waals surface area contributed by atoms with Crippen molar-refractivity contribution in [3.05, 3.63) is 77.1 Å². The predicted molar refractivity (Wildman–Crippen MR) is 104 cm³/mol. The number of aliphatic hydroxyl groups excluding tert-OH is 2. The summed E-state index contributed by atoms with van der Waals surface area (Å²) < 4.78 is 5.10. The highest BCUT2D eigenvalue weighted by Gasteiger charge is 2.22. The number of ether oxygens (including phenoxy) is 1. The number of hydrogen-bond donors (Lipinski definition) is 4. The third-order valence-corrected chi connectivity index (χ3v) is 4.11. The van der Waals surface area contributed by atoms with E-state index in [1.165, 1.54) is 7.05 Å². The SMILES string of the molecule is CNC(=O)/C(C(=N)c1ccccc1)=C(/O)CC(O)Cc1ccc(OC)cc1. The lowest BCUT2D eigenvalue weighted by Crippen LogP contribution is -2.27. The summed E-state index contributed by atoms with van der Waals surface area (Å²) in [4.78, 5) is 12.2. The van der Waals surface area contributed by atoms with Crippen molar-refractivity contribution in [2.45, 2.75) is 18.9 Å². The average molecular weight is 368 g/mol. The number of carbonyl (C=O) groups is 1. The average Bonchev–Trinajstić information content (AvgIpc) is 2.69. The second-order valence-electron chi connectivity index (χ2n) is 6.05. The van der Waals surface area contributed by atoms with E-state index in [1.54, 1.807) is 49.6 Å². The molecule has 0 heterocycles. The van der Waals surface area contributed by atoms with Crippen LogP contribution in [-0.2, 0) is 11.2 Å². The van der Waals surface area contributed by atoms with Gasteiger partial charge < -0.3 is 20.3 Å². The zero-order valence-electron chi connectivity index (χ0n) is 15.4. The van der Waals surface area contributed by atoms with Gasteiger partial charge in [-0.2, -0.15) is 0 Å². The van der Waals surface area contributed by atoms with Gasteiger partial charge in [-0.15, -0.1) is 0 Å². The molecule has 2 aromatic rings. The number of methoxy groups -OCH3 is 1. The lowest BCUT2D eigenvalue weighted by Gasteiger charge is -2.15. The standard InChI is InChI=1S/C21H24N2O4/c1-23-21(26)19(20(22)15-6-4-3-5-7-15)18(25)13-16(24)12-14-8-10-17(27-2)11-9-14/h3-11,16,22,24-25H,12-13H2,1-2H3,(H,23,26)/b19-18+,22-20?. The van der Waals surface area contributed by atoms with Crippen LogP contribution in [0.3, 0.4) is 0 Å². The van der Waals surface area contributed by atoms with Gasteiger partial charge in [-0.1, -0.05) is 42.5 Å². The van der Waals surface area contributed by atoms with Crippen LogP contribution < -0.4 is 10.1 Å². The Morgan fingerprint density at radius 1 is 1.15 bits per heavy atom. The van der Waals surface area contributed by atoms with E-state index < -0.39 is 12.0 Å². The van der Waals surface area contributed by atoms with E-state index in [0.29, 0.717) is 17.7 Å². The summed E-state index contributed by atoms with van der Waals surface area (Å²) in [6, 6.07) is 15.9. The maximum absolute atomic E-state index is 12.2. The predicted octanol–water partition coefficient (Wildman–Crippen LogP) is 2.61. The van der Waals surface area contributed by atoms with Gasteiger partial charge in [0.25, 0.3) is 5.91 Å². The second-order valence-corrected chi connectivity index (χ2v) is 6.05. The van der Waals surface area contributed by atoms with Gasteiger partial charge in [-0.25, -0.2) is 0 Å². The molecule has 0 aliphatic heterocycles. The summed E-state index contributed by atoms with van der Waals surface area (Å²) in [7, 11) is 3.01. The van der Waals surface area contributed by atoms with Gasteiger partial charge in [-0.05, 0) is 24.1 Å². The number of likely N-dealkylation sites (N-methyl/N-ethyl adjacent to an activating group) is 1. The van der Waals surface area contributed by atoms with Crippen molar-refractivity contribution in [1.29, 1.82) is 5.41 Å². The Morgan fingerprint density at radius 3 is 2.33 bits per heavy atom. The van der Waals surface area contributed by atoms with Crippen LogP contribution in [-0.4, -0.2) is 42.1 Å². The first-order chi connectivity index (χ1) is 13.0. The molecule has 0 fully saturated rings. The molecule has 0 spiro atoms. The summed E-state index contributed by atoms with van der Waals surface area (Å²) in [6.07, 6.45) is -0.737. The molecule has 1 unspecified atom stereocenters. The largest absolute Gasteiger partial charge is 0.511 e. The van der Waals surface area contributed by atoms with Crippen LogP contribution in [0.2, 0.25) is 0 Å². The first-order valence-electron chi connectivity index (χ1n) is 8.55. The van der Waals surface area contributed by atoms with E-state index in [4.69, 9.17) is 10.1 Å². The zero-order chi connectivity index (χ0) is 19.8. The van der Waals surface area contributed by atoms with Crippen molar-refractivity contribution in [3.8, 4) is 5.75 Å². The van der Waals surface area contributed by atoms with Gasteiger partial charge in [0.05, 0.1) is 18.9 Å². The number of hydrogen-bond acceptors (Lipinski definition) is 5. The molecular weight excluding hydrogens is 344 g/mol. The Morgan fingerprint density at radius 2 is 1.78 bits per heavy atom. The molecule has 6 heteroatoms. The Labute approximate surface area is 158 Å². The van der Waals surface area contributed by atoms with E-state index in [2.05, 4.69) is 5.32 Å². The summed E-state index contributed by atoms with van der Waals surface area (Å²) >= 11 is 0. The number of carbonyl (C=O) groups excluding carboxylic acids is 1. The molecule has 1 atom stereocenters. The van der Waals surface area contributed by atoms with Crippen molar-refractivity contribution in [3.63, 3.8) is 0 Å². The summed E-state index contributed by atoms with van der Waals surface area (Å²) in [5.74, 6) is -0.170. The molecule has 0 saturated heterocycles. The molecule has 142 valence electrons. The molecule has 0 aliphatic rings. The molecule has 0 aliphatic carbocycles. The molecule has 27 heavy (non-hydrogen) atoms. The lowest BCUT2D eigenvalue weighted by atomic mass is 9.97. The maximum Gasteiger partial charge on any atom is 0.256 e. The Kier molecular flexibility index (Phi) is 7.14. The van der Waals surface area contributed by atoms with Crippen molar-refractivity contribution >= 4 is 11.6 Å². The molecule has 0 saturated carbocycles. The topological polar surface area (TPSA) is 103 Å². The molecule has 0 aromatic heterocycles. The van der Waals surface area contributed by atoms with E-state index in [1.807, 2.05) is 12.1 Å². The molecule has 2 aromatic carbocycles. The Balaban J connectivity index is 2.19. The minimum absolute atomic E-state index is 0.0934. The van der Waals surface area contributed by atoms with Crippen LogP contribution in [0.5, 0.6) is 5.75 Å². The number of nitrogens with one attached hydrogen (secondary N) is 2. The number of benzene rings is 2. The van der Waals surface area contributed by atoms with Crippen molar-refractivity contribution in [2.24, 2.45) is 0 Å². The first-order valence-corrected chi connectivity index (χ1v) is 8.55. The van der Waals surface area contributed by atoms with Crippen LogP contribution in [0, 0.1) is 5.41 Å². The van der Waals surface area contributed by atoms with Crippen LogP contribution >= 0.6 is 0 Å². The Bertz CT molecular complexity index is 814. The van der Waals surface area contributed by atoms with Crippen LogP contribution in [0.1, 0.15) is 17.5 Å². The molecule has 2 rings (SSSR count). The number of amides is 1. The second kappa shape index (κ2) is 9.54. The molecular formula is C21H24N2O4. The van der Waals surface area contributed by atoms with E-state index in [0.717, 1.165) is 5.56 Å². The quantitative estimate of drug-likeness (QED) is 0.327. The molecule has 1 amide bonds. The smallest absolute Gasteiger partial charge is 0.256 e. The highest BCUT2D eigenvalue weighted by Crippen LogP contribution is 2.18. The van der Waals surface area contributed by atoms with Crippen molar-refractivity contribution in [2.75, 3.05) is 14.2 Å². The van der Waals surface area contributed by atoms with Gasteiger partial charge in [0.1, 0.15) is 17.1 Å². The lowest BCUT2D eigenvalue weighted by molar-refractivity contribution is -0.116. The van der Waals surface area contributed by atoms with Gasteiger partial charge in [0, 0.05) is 19.0 Å². The Hall–Kier alpha value is -3.12. The van der Waals surface area contributed by atoms with Crippen LogP contribution in [0.4, 0.5) is 0 Å². The van der Waals surface area contributed by atoms with Gasteiger partial charge in [0.2, 0.25) is 0 Å². The minimum atomic E-state index is -0.901. The summed E-state index contributed by atoms with van der Waals surface area (Å²) in [6.45, 7) is 0. The maximum atomic E-state index is 12.2. The molecule has 6 nitrogen and oxygen atoms in total. The fraction of sp³-hybridized carbons (Fsp3) is 0.238. The summed E-state index contributed by atoms with van der Waals surface area (Å²) in [5, 5.41) is 31.5. The summed E-state index contributed by atoms with van der Waals surface area (Å²) in [5.41, 5.74) is 1.14. The zero-order valence-corrected chi connectivity index (χ0v) is 15.4. The third kappa shape index (κ3) is 5.43. The van der Waals surface area contributed by atoms with E-state index >= 15 is 0 Å². The fourth-order valence-electron chi connectivity index (χ4n) is 2.69. The first kappa shape index (κ1) is 20.2. The molecule has 4 N–H and O–H groups in total. The van der Waals surface area contributed by atoms with E-state index in [-0.39, 0.29) is 23.5 Å². The van der Waals surface area contributed by atoms with Gasteiger partial charge >= 0.3 is 0 Å². The van der Waals surface area contributed by atoms with Crippen LogP contribution in [0.15, 0.2) is 65.9 Å². The van der Waals surface area contributed by atoms with Gasteiger partial charge in [0.15, 0.2) is 0 Å². The van der Waals surface area contributed by atoms with Gasteiger partial charge in [-0.3, -0.25) is 10.2 Å². The monoisotopic (exact) mass is 368 g/mol. The number of aliphatic hydroxyl groups is 2.